The summed E-state index contributed by atoms with van der Waals surface area (Å²) < 4.78 is 17.9. The molecule has 0 aliphatic carbocycles. The van der Waals surface area contributed by atoms with E-state index in [0.717, 1.165) is 11.3 Å². The van der Waals surface area contributed by atoms with Crippen molar-refractivity contribution in [2.45, 2.75) is 13.5 Å². The Morgan fingerprint density at radius 2 is 1.81 bits per heavy atom. The third-order valence-electron chi connectivity index (χ3n) is 3.05. The maximum Gasteiger partial charge on any atom is 0.411 e. The van der Waals surface area contributed by atoms with Gasteiger partial charge in [-0.3, -0.25) is 5.32 Å². The van der Waals surface area contributed by atoms with Crippen LogP contribution in [-0.2, 0) is 11.3 Å². The number of nitrogens with one attached hydrogen (secondary N) is 2. The minimum Gasteiger partial charge on any atom is -0.453 e. The van der Waals surface area contributed by atoms with E-state index in [2.05, 4.69) is 15.4 Å². The van der Waals surface area contributed by atoms with Crippen molar-refractivity contribution >= 4 is 17.5 Å². The van der Waals surface area contributed by atoms with Crippen LogP contribution in [0.1, 0.15) is 11.1 Å². The van der Waals surface area contributed by atoms with Crippen LogP contribution < -0.4 is 10.6 Å². The maximum atomic E-state index is 13.4. The lowest BCUT2D eigenvalue weighted by Gasteiger charge is -2.09. The van der Waals surface area contributed by atoms with E-state index in [0.29, 0.717) is 17.8 Å². The van der Waals surface area contributed by atoms with Crippen molar-refractivity contribution in [1.82, 2.24) is 0 Å². The van der Waals surface area contributed by atoms with Crippen molar-refractivity contribution in [3.63, 3.8) is 0 Å². The zero-order valence-corrected chi connectivity index (χ0v) is 11.9. The van der Waals surface area contributed by atoms with E-state index >= 15 is 0 Å². The number of ether oxygens (including phenoxy) is 1. The summed E-state index contributed by atoms with van der Waals surface area (Å²) in [5.41, 5.74) is 3.03. The van der Waals surface area contributed by atoms with Gasteiger partial charge in [-0.25, -0.2) is 9.18 Å². The van der Waals surface area contributed by atoms with E-state index in [9.17, 15) is 9.18 Å². The minimum absolute atomic E-state index is 0.202. The summed E-state index contributed by atoms with van der Waals surface area (Å²) in [6, 6.07) is 12.3. The molecule has 0 unspecified atom stereocenters. The van der Waals surface area contributed by atoms with Gasteiger partial charge in [0.05, 0.1) is 7.11 Å². The number of anilines is 2. The number of hydrogen-bond donors (Lipinski definition) is 2. The SMILES string of the molecule is COC(=O)Nc1ccc(NCc2ccc(C)c(F)c2)cc1. The second kappa shape index (κ2) is 6.74. The summed E-state index contributed by atoms with van der Waals surface area (Å²) in [5.74, 6) is -0.202. The number of halogens is 1. The first-order valence-electron chi connectivity index (χ1n) is 6.52. The molecule has 0 heterocycles. The second-order valence-corrected chi connectivity index (χ2v) is 4.63. The molecule has 0 saturated heterocycles. The highest BCUT2D eigenvalue weighted by Crippen LogP contribution is 2.16. The van der Waals surface area contributed by atoms with E-state index in [4.69, 9.17) is 0 Å². The molecule has 110 valence electrons. The standard InChI is InChI=1S/C16H17FN2O2/c1-11-3-4-12(9-15(11)17)10-18-13-5-7-14(8-6-13)19-16(20)21-2/h3-9,18H,10H2,1-2H3,(H,19,20). The summed E-state index contributed by atoms with van der Waals surface area (Å²) in [6.07, 6.45) is -0.508. The molecule has 21 heavy (non-hydrogen) atoms. The summed E-state index contributed by atoms with van der Waals surface area (Å²) in [5, 5.41) is 5.76. The second-order valence-electron chi connectivity index (χ2n) is 4.63. The molecule has 2 aromatic rings. The van der Waals surface area contributed by atoms with E-state index in [-0.39, 0.29) is 5.82 Å². The summed E-state index contributed by atoms with van der Waals surface area (Å²) in [4.78, 5) is 11.1. The van der Waals surface area contributed by atoms with Gasteiger partial charge in [0.2, 0.25) is 0 Å². The molecule has 0 spiro atoms. The summed E-state index contributed by atoms with van der Waals surface area (Å²) in [6.45, 7) is 2.26. The number of carbonyl (C=O) groups is 1. The van der Waals surface area contributed by atoms with Crippen LogP contribution in [0.3, 0.4) is 0 Å². The highest BCUT2D eigenvalue weighted by Gasteiger charge is 2.02. The van der Waals surface area contributed by atoms with Gasteiger partial charge in [0.15, 0.2) is 0 Å². The van der Waals surface area contributed by atoms with Gasteiger partial charge in [-0.2, -0.15) is 0 Å². The fraction of sp³-hybridized carbons (Fsp3) is 0.188. The van der Waals surface area contributed by atoms with Gasteiger partial charge in [-0.15, -0.1) is 0 Å². The Morgan fingerprint density at radius 3 is 2.43 bits per heavy atom. The predicted molar refractivity (Wildman–Crippen MR) is 80.9 cm³/mol. The van der Waals surface area contributed by atoms with Crippen LogP contribution in [-0.4, -0.2) is 13.2 Å². The molecule has 0 aliphatic heterocycles. The van der Waals surface area contributed by atoms with Crippen molar-refractivity contribution in [3.8, 4) is 0 Å². The molecular formula is C16H17FN2O2. The molecule has 4 nitrogen and oxygen atoms in total. The van der Waals surface area contributed by atoms with Gasteiger partial charge in [-0.05, 0) is 48.4 Å². The molecular weight excluding hydrogens is 271 g/mol. The number of carbonyl (C=O) groups excluding carboxylic acids is 1. The van der Waals surface area contributed by atoms with Crippen LogP contribution in [0.4, 0.5) is 20.6 Å². The largest absolute Gasteiger partial charge is 0.453 e. The van der Waals surface area contributed by atoms with Crippen LogP contribution in [0.25, 0.3) is 0 Å². The fourth-order valence-electron chi connectivity index (χ4n) is 1.79. The lowest BCUT2D eigenvalue weighted by Crippen LogP contribution is -2.10. The molecule has 0 radical (unpaired) electrons. The monoisotopic (exact) mass is 288 g/mol. The van der Waals surface area contributed by atoms with Gasteiger partial charge in [0, 0.05) is 17.9 Å². The lowest BCUT2D eigenvalue weighted by molar-refractivity contribution is 0.187. The van der Waals surface area contributed by atoms with Crippen molar-refractivity contribution in [3.05, 3.63) is 59.4 Å². The van der Waals surface area contributed by atoms with Crippen molar-refractivity contribution < 1.29 is 13.9 Å². The van der Waals surface area contributed by atoms with Gasteiger partial charge in [0.1, 0.15) is 5.82 Å². The lowest BCUT2D eigenvalue weighted by atomic mass is 10.1. The Hall–Kier alpha value is -2.56. The average Bonchev–Trinajstić information content (AvgIpc) is 2.50. The maximum absolute atomic E-state index is 13.4. The smallest absolute Gasteiger partial charge is 0.411 e. The van der Waals surface area contributed by atoms with E-state index in [1.54, 1.807) is 25.1 Å². The first-order chi connectivity index (χ1) is 10.1. The quantitative estimate of drug-likeness (QED) is 0.896. The van der Waals surface area contributed by atoms with Gasteiger partial charge < -0.3 is 10.1 Å². The van der Waals surface area contributed by atoms with Crippen LogP contribution >= 0.6 is 0 Å². The molecule has 2 aromatic carbocycles. The number of aryl methyl sites for hydroxylation is 1. The minimum atomic E-state index is -0.508. The van der Waals surface area contributed by atoms with Crippen LogP contribution in [0.15, 0.2) is 42.5 Å². The summed E-state index contributed by atoms with van der Waals surface area (Å²) >= 11 is 0. The Bertz CT molecular complexity index is 627. The zero-order valence-electron chi connectivity index (χ0n) is 11.9. The number of methoxy groups -OCH3 is 1. The van der Waals surface area contributed by atoms with Gasteiger partial charge in [-0.1, -0.05) is 12.1 Å². The number of benzene rings is 2. The Balaban J connectivity index is 1.94. The van der Waals surface area contributed by atoms with Crippen molar-refractivity contribution in [1.29, 1.82) is 0 Å². The van der Waals surface area contributed by atoms with Crippen molar-refractivity contribution in [2.75, 3.05) is 17.7 Å². The van der Waals surface area contributed by atoms with E-state index < -0.39 is 6.09 Å². The molecule has 2 rings (SSSR count). The number of amides is 1. The highest BCUT2D eigenvalue weighted by molar-refractivity contribution is 5.84. The molecule has 2 N–H and O–H groups in total. The highest BCUT2D eigenvalue weighted by atomic mass is 19.1. The molecule has 0 atom stereocenters. The average molecular weight is 288 g/mol. The molecule has 5 heteroatoms. The van der Waals surface area contributed by atoms with Crippen LogP contribution in [0.2, 0.25) is 0 Å². The Labute approximate surface area is 122 Å². The number of hydrogen-bond acceptors (Lipinski definition) is 3. The Kier molecular flexibility index (Phi) is 4.77. The molecule has 0 fully saturated rings. The third-order valence-corrected chi connectivity index (χ3v) is 3.05. The van der Waals surface area contributed by atoms with Crippen LogP contribution in [0, 0.1) is 12.7 Å². The summed E-state index contributed by atoms with van der Waals surface area (Å²) in [7, 11) is 1.31. The molecule has 1 amide bonds. The zero-order chi connectivity index (χ0) is 15.2. The molecule has 0 saturated carbocycles. The van der Waals surface area contributed by atoms with E-state index in [1.807, 2.05) is 18.2 Å². The predicted octanol–water partition coefficient (Wildman–Crippen LogP) is 3.92. The van der Waals surface area contributed by atoms with E-state index in [1.165, 1.54) is 13.2 Å². The molecule has 0 aliphatic rings. The first kappa shape index (κ1) is 14.8. The fourth-order valence-corrected chi connectivity index (χ4v) is 1.79. The van der Waals surface area contributed by atoms with Gasteiger partial charge in [0.25, 0.3) is 0 Å². The molecule has 0 bridgehead atoms. The van der Waals surface area contributed by atoms with Crippen molar-refractivity contribution in [2.24, 2.45) is 0 Å². The van der Waals surface area contributed by atoms with Gasteiger partial charge >= 0.3 is 6.09 Å². The Morgan fingerprint density at radius 1 is 1.14 bits per heavy atom. The van der Waals surface area contributed by atoms with Crippen LogP contribution in [0.5, 0.6) is 0 Å². The molecule has 0 aromatic heterocycles. The number of rotatable bonds is 4. The first-order valence-corrected chi connectivity index (χ1v) is 6.52. The topological polar surface area (TPSA) is 50.4 Å². The third kappa shape index (κ3) is 4.21. The normalized spacial score (nSPS) is 10.0.